The lowest BCUT2D eigenvalue weighted by Crippen LogP contribution is -1.97. The maximum absolute atomic E-state index is 5.61. The number of halogens is 1. The Labute approximate surface area is 84.9 Å². The van der Waals surface area contributed by atoms with Crippen molar-refractivity contribution in [3.63, 3.8) is 0 Å². The zero-order chi connectivity index (χ0) is 9.52. The standard InChI is InChI=1S/C10H17ClN2/c1-2-3-7-13-9-10(8-12-13)5-4-6-11/h8-9H,2-7H2,1H3. The fourth-order valence-corrected chi connectivity index (χ4v) is 1.38. The van der Waals surface area contributed by atoms with Gasteiger partial charge in [0, 0.05) is 18.6 Å². The fraction of sp³-hybridized carbons (Fsp3) is 0.700. The first-order chi connectivity index (χ1) is 6.36. The highest BCUT2D eigenvalue weighted by Crippen LogP contribution is 2.03. The van der Waals surface area contributed by atoms with Crippen molar-refractivity contribution in [3.05, 3.63) is 18.0 Å². The smallest absolute Gasteiger partial charge is 0.0521 e. The quantitative estimate of drug-likeness (QED) is 0.646. The van der Waals surface area contributed by atoms with Crippen molar-refractivity contribution in [3.8, 4) is 0 Å². The molecule has 13 heavy (non-hydrogen) atoms. The molecular formula is C10H17ClN2. The second kappa shape index (κ2) is 6.03. The maximum Gasteiger partial charge on any atom is 0.0521 e. The van der Waals surface area contributed by atoms with Gasteiger partial charge in [0.1, 0.15) is 0 Å². The molecule has 0 aliphatic rings. The van der Waals surface area contributed by atoms with Crippen LogP contribution in [-0.4, -0.2) is 15.7 Å². The lowest BCUT2D eigenvalue weighted by Gasteiger charge is -1.97. The number of unbranched alkanes of at least 4 members (excludes halogenated alkanes) is 1. The molecule has 0 amide bonds. The van der Waals surface area contributed by atoms with E-state index in [-0.39, 0.29) is 0 Å². The van der Waals surface area contributed by atoms with E-state index in [0.29, 0.717) is 0 Å². The Bertz CT molecular complexity index is 210. The summed E-state index contributed by atoms with van der Waals surface area (Å²) >= 11 is 5.61. The van der Waals surface area contributed by atoms with Gasteiger partial charge >= 0.3 is 0 Å². The largest absolute Gasteiger partial charge is 0.272 e. The van der Waals surface area contributed by atoms with Crippen LogP contribution in [0.5, 0.6) is 0 Å². The molecule has 74 valence electrons. The van der Waals surface area contributed by atoms with Crippen LogP contribution < -0.4 is 0 Å². The first-order valence-electron chi connectivity index (χ1n) is 4.94. The van der Waals surface area contributed by atoms with Crippen LogP contribution in [0.2, 0.25) is 0 Å². The molecule has 1 aromatic heterocycles. The van der Waals surface area contributed by atoms with Crippen molar-refractivity contribution in [2.24, 2.45) is 0 Å². The van der Waals surface area contributed by atoms with Crippen molar-refractivity contribution in [2.45, 2.75) is 39.2 Å². The van der Waals surface area contributed by atoms with Crippen LogP contribution in [0.3, 0.4) is 0 Å². The topological polar surface area (TPSA) is 17.8 Å². The first kappa shape index (κ1) is 10.6. The monoisotopic (exact) mass is 200 g/mol. The van der Waals surface area contributed by atoms with E-state index in [1.54, 1.807) is 0 Å². The zero-order valence-corrected chi connectivity index (χ0v) is 8.93. The summed E-state index contributed by atoms with van der Waals surface area (Å²) in [5, 5.41) is 4.28. The van der Waals surface area contributed by atoms with Gasteiger partial charge in [-0.2, -0.15) is 5.10 Å². The lowest BCUT2D eigenvalue weighted by atomic mass is 10.2. The van der Waals surface area contributed by atoms with Gasteiger partial charge in [0.2, 0.25) is 0 Å². The van der Waals surface area contributed by atoms with Crippen LogP contribution >= 0.6 is 11.6 Å². The lowest BCUT2D eigenvalue weighted by molar-refractivity contribution is 0.571. The number of hydrogen-bond donors (Lipinski definition) is 0. The number of alkyl halides is 1. The molecule has 0 N–H and O–H groups in total. The van der Waals surface area contributed by atoms with Gasteiger partial charge in [-0.1, -0.05) is 13.3 Å². The van der Waals surface area contributed by atoms with Gasteiger partial charge < -0.3 is 0 Å². The first-order valence-corrected chi connectivity index (χ1v) is 5.47. The summed E-state index contributed by atoms with van der Waals surface area (Å²) in [6.07, 6.45) is 8.59. The molecule has 0 aliphatic heterocycles. The summed E-state index contributed by atoms with van der Waals surface area (Å²) in [7, 11) is 0. The van der Waals surface area contributed by atoms with E-state index < -0.39 is 0 Å². The summed E-state index contributed by atoms with van der Waals surface area (Å²) < 4.78 is 2.02. The molecule has 0 bridgehead atoms. The number of aromatic nitrogens is 2. The zero-order valence-electron chi connectivity index (χ0n) is 8.17. The maximum atomic E-state index is 5.61. The van der Waals surface area contributed by atoms with Gasteiger partial charge in [0.05, 0.1) is 6.20 Å². The van der Waals surface area contributed by atoms with Crippen molar-refractivity contribution < 1.29 is 0 Å². The summed E-state index contributed by atoms with van der Waals surface area (Å²) in [5.74, 6) is 0.736. The van der Waals surface area contributed by atoms with Crippen LogP contribution in [0.4, 0.5) is 0 Å². The Morgan fingerprint density at radius 3 is 3.00 bits per heavy atom. The molecule has 0 aromatic carbocycles. The summed E-state index contributed by atoms with van der Waals surface area (Å²) in [6.45, 7) is 3.23. The van der Waals surface area contributed by atoms with Gasteiger partial charge in [-0.3, -0.25) is 4.68 Å². The number of nitrogens with zero attached hydrogens (tertiary/aromatic N) is 2. The van der Waals surface area contributed by atoms with Crippen LogP contribution in [0.1, 0.15) is 31.7 Å². The third-order valence-corrected chi connectivity index (χ3v) is 2.29. The molecule has 0 spiro atoms. The average Bonchev–Trinajstić information content (AvgIpc) is 2.59. The number of hydrogen-bond acceptors (Lipinski definition) is 1. The molecule has 1 aromatic rings. The minimum atomic E-state index is 0.736. The Hall–Kier alpha value is -0.500. The highest BCUT2D eigenvalue weighted by Gasteiger charge is 1.97. The molecule has 1 heterocycles. The summed E-state index contributed by atoms with van der Waals surface area (Å²) in [4.78, 5) is 0. The van der Waals surface area contributed by atoms with Crippen molar-refractivity contribution in [2.75, 3.05) is 5.88 Å². The van der Waals surface area contributed by atoms with Crippen LogP contribution in [0.25, 0.3) is 0 Å². The van der Waals surface area contributed by atoms with Crippen molar-refractivity contribution in [1.29, 1.82) is 0 Å². The second-order valence-corrected chi connectivity index (χ2v) is 3.64. The summed E-state index contributed by atoms with van der Waals surface area (Å²) in [6, 6.07) is 0. The van der Waals surface area contributed by atoms with Gasteiger partial charge in [-0.15, -0.1) is 11.6 Å². The van der Waals surface area contributed by atoms with E-state index >= 15 is 0 Å². The normalized spacial score (nSPS) is 10.6. The molecule has 0 saturated heterocycles. The molecule has 0 fully saturated rings. The van der Waals surface area contributed by atoms with Crippen molar-refractivity contribution >= 4 is 11.6 Å². The van der Waals surface area contributed by atoms with E-state index in [1.165, 1.54) is 18.4 Å². The van der Waals surface area contributed by atoms with Gasteiger partial charge in [-0.05, 0) is 24.8 Å². The van der Waals surface area contributed by atoms with E-state index in [4.69, 9.17) is 11.6 Å². The minimum absolute atomic E-state index is 0.736. The Kier molecular flexibility index (Phi) is 4.91. The minimum Gasteiger partial charge on any atom is -0.272 e. The average molecular weight is 201 g/mol. The molecule has 0 saturated carbocycles. The van der Waals surface area contributed by atoms with E-state index in [2.05, 4.69) is 18.2 Å². The predicted octanol–water partition coefficient (Wildman–Crippen LogP) is 2.85. The fourth-order valence-electron chi connectivity index (χ4n) is 1.25. The molecule has 3 heteroatoms. The van der Waals surface area contributed by atoms with Crippen LogP contribution in [-0.2, 0) is 13.0 Å². The second-order valence-electron chi connectivity index (χ2n) is 3.26. The number of aryl methyl sites for hydroxylation is 2. The third-order valence-electron chi connectivity index (χ3n) is 2.03. The molecule has 0 aliphatic carbocycles. The van der Waals surface area contributed by atoms with E-state index in [1.807, 2.05) is 10.9 Å². The predicted molar refractivity (Wildman–Crippen MR) is 56.2 cm³/mol. The van der Waals surface area contributed by atoms with Crippen LogP contribution in [0.15, 0.2) is 12.4 Å². The Morgan fingerprint density at radius 2 is 2.31 bits per heavy atom. The highest BCUT2D eigenvalue weighted by atomic mass is 35.5. The summed E-state index contributed by atoms with van der Waals surface area (Å²) in [5.41, 5.74) is 1.30. The van der Waals surface area contributed by atoms with Crippen molar-refractivity contribution in [1.82, 2.24) is 9.78 Å². The third kappa shape index (κ3) is 3.81. The SMILES string of the molecule is CCCCn1cc(CCCCl)cn1. The number of rotatable bonds is 6. The molecule has 0 unspecified atom stereocenters. The van der Waals surface area contributed by atoms with Crippen LogP contribution in [0, 0.1) is 0 Å². The van der Waals surface area contributed by atoms with Gasteiger partial charge in [0.15, 0.2) is 0 Å². The Morgan fingerprint density at radius 1 is 1.46 bits per heavy atom. The highest BCUT2D eigenvalue weighted by molar-refractivity contribution is 6.17. The van der Waals surface area contributed by atoms with E-state index in [9.17, 15) is 0 Å². The molecule has 0 radical (unpaired) electrons. The molecular weight excluding hydrogens is 184 g/mol. The molecule has 2 nitrogen and oxygen atoms in total. The molecule has 0 atom stereocenters. The van der Waals surface area contributed by atoms with Gasteiger partial charge in [0.25, 0.3) is 0 Å². The van der Waals surface area contributed by atoms with Gasteiger partial charge in [-0.25, -0.2) is 0 Å². The molecule has 1 rings (SSSR count). The Balaban J connectivity index is 2.34. The van der Waals surface area contributed by atoms with E-state index in [0.717, 1.165) is 25.3 Å².